The highest BCUT2D eigenvalue weighted by Crippen LogP contribution is 2.21. The van der Waals surface area contributed by atoms with E-state index < -0.39 is 0 Å². The van der Waals surface area contributed by atoms with Gasteiger partial charge in [0.15, 0.2) is 0 Å². The van der Waals surface area contributed by atoms with E-state index in [1.807, 2.05) is 36.5 Å². The normalized spacial score (nSPS) is 15.4. The first kappa shape index (κ1) is 16.0. The molecule has 2 aromatic heterocycles. The second kappa shape index (κ2) is 7.14. The van der Waals surface area contributed by atoms with Crippen LogP contribution in [0.4, 0.5) is 5.82 Å². The van der Waals surface area contributed by atoms with E-state index in [1.54, 1.807) is 6.07 Å². The molecule has 0 aliphatic carbocycles. The number of piperidine rings is 1. The fraction of sp³-hybridized carbons (Fsp3) is 0.333. The predicted octanol–water partition coefficient (Wildman–Crippen LogP) is 2.73. The Bertz CT molecular complexity index is 858. The van der Waals surface area contributed by atoms with Gasteiger partial charge in [0.2, 0.25) is 0 Å². The van der Waals surface area contributed by atoms with Crippen molar-refractivity contribution in [3.05, 3.63) is 48.2 Å². The standard InChI is InChI=1S/C18H19N5OS/c24-18(14-4-5-15-16(11-14)22-25-21-15)20-12-13-6-9-23(10-7-13)17-3-1-2-8-19-17/h1-5,8,11,13H,6-7,9-10,12H2,(H,20,24). The van der Waals surface area contributed by atoms with E-state index in [4.69, 9.17) is 0 Å². The summed E-state index contributed by atoms with van der Waals surface area (Å²) in [5.41, 5.74) is 2.26. The summed E-state index contributed by atoms with van der Waals surface area (Å²) >= 11 is 1.17. The Morgan fingerprint density at radius 3 is 2.80 bits per heavy atom. The third-order valence-corrected chi connectivity index (χ3v) is 5.21. The lowest BCUT2D eigenvalue weighted by Gasteiger charge is -2.32. The average Bonchev–Trinajstić information content (AvgIpc) is 3.15. The highest BCUT2D eigenvalue weighted by molar-refractivity contribution is 7.00. The molecular formula is C18H19N5OS. The Labute approximate surface area is 150 Å². The third kappa shape index (κ3) is 3.61. The molecule has 1 aliphatic heterocycles. The van der Waals surface area contributed by atoms with Crippen molar-refractivity contribution in [1.82, 2.24) is 19.0 Å². The molecule has 0 radical (unpaired) electrons. The number of hydrogen-bond donors (Lipinski definition) is 1. The van der Waals surface area contributed by atoms with E-state index in [-0.39, 0.29) is 5.91 Å². The Morgan fingerprint density at radius 1 is 1.16 bits per heavy atom. The van der Waals surface area contributed by atoms with Crippen LogP contribution in [-0.2, 0) is 0 Å². The molecule has 3 aromatic rings. The van der Waals surface area contributed by atoms with Crippen LogP contribution in [-0.4, -0.2) is 39.3 Å². The number of nitrogens with one attached hydrogen (secondary N) is 1. The van der Waals surface area contributed by atoms with Crippen LogP contribution < -0.4 is 10.2 Å². The number of rotatable bonds is 4. The summed E-state index contributed by atoms with van der Waals surface area (Å²) < 4.78 is 8.35. The van der Waals surface area contributed by atoms with Gasteiger partial charge in [-0.2, -0.15) is 8.75 Å². The average molecular weight is 353 g/mol. The van der Waals surface area contributed by atoms with Crippen molar-refractivity contribution in [1.29, 1.82) is 0 Å². The van der Waals surface area contributed by atoms with Gasteiger partial charge in [-0.3, -0.25) is 4.79 Å². The number of carbonyl (C=O) groups excluding carboxylic acids is 1. The predicted molar refractivity (Wildman–Crippen MR) is 98.9 cm³/mol. The molecule has 25 heavy (non-hydrogen) atoms. The van der Waals surface area contributed by atoms with Crippen LogP contribution in [0.15, 0.2) is 42.6 Å². The van der Waals surface area contributed by atoms with Crippen molar-refractivity contribution in [2.75, 3.05) is 24.5 Å². The van der Waals surface area contributed by atoms with Crippen molar-refractivity contribution in [2.24, 2.45) is 5.92 Å². The zero-order valence-electron chi connectivity index (χ0n) is 13.8. The summed E-state index contributed by atoms with van der Waals surface area (Å²) in [6, 6.07) is 11.5. The molecule has 4 rings (SSSR count). The van der Waals surface area contributed by atoms with Gasteiger partial charge in [-0.05, 0) is 49.1 Å². The lowest BCUT2D eigenvalue weighted by molar-refractivity contribution is 0.0945. The molecule has 1 N–H and O–H groups in total. The van der Waals surface area contributed by atoms with E-state index >= 15 is 0 Å². The lowest BCUT2D eigenvalue weighted by atomic mass is 9.96. The summed E-state index contributed by atoms with van der Waals surface area (Å²) in [5.74, 6) is 1.51. The van der Waals surface area contributed by atoms with Crippen LogP contribution in [0.25, 0.3) is 11.0 Å². The number of fused-ring (bicyclic) bond motifs is 1. The molecule has 7 heteroatoms. The van der Waals surface area contributed by atoms with Crippen LogP contribution in [0.1, 0.15) is 23.2 Å². The second-order valence-electron chi connectivity index (χ2n) is 6.30. The maximum absolute atomic E-state index is 12.4. The zero-order chi connectivity index (χ0) is 17.1. The molecule has 0 atom stereocenters. The van der Waals surface area contributed by atoms with Crippen molar-refractivity contribution >= 4 is 34.5 Å². The monoisotopic (exact) mass is 353 g/mol. The molecule has 0 unspecified atom stereocenters. The van der Waals surface area contributed by atoms with Crippen LogP contribution in [0.3, 0.4) is 0 Å². The van der Waals surface area contributed by atoms with E-state index in [1.165, 1.54) is 11.7 Å². The lowest BCUT2D eigenvalue weighted by Crippen LogP contribution is -2.39. The Morgan fingerprint density at radius 2 is 2.00 bits per heavy atom. The molecule has 3 heterocycles. The molecule has 0 spiro atoms. The molecular weight excluding hydrogens is 334 g/mol. The Balaban J connectivity index is 1.29. The maximum Gasteiger partial charge on any atom is 0.251 e. The molecule has 1 amide bonds. The molecule has 1 aromatic carbocycles. The first-order valence-electron chi connectivity index (χ1n) is 8.46. The van der Waals surface area contributed by atoms with Gasteiger partial charge in [0, 0.05) is 31.4 Å². The Kier molecular flexibility index (Phi) is 4.56. The first-order valence-corrected chi connectivity index (χ1v) is 9.19. The van der Waals surface area contributed by atoms with Gasteiger partial charge >= 0.3 is 0 Å². The topological polar surface area (TPSA) is 71.0 Å². The number of aromatic nitrogens is 3. The minimum absolute atomic E-state index is 0.0398. The van der Waals surface area contributed by atoms with Gasteiger partial charge in [0.25, 0.3) is 5.91 Å². The van der Waals surface area contributed by atoms with Gasteiger partial charge in [-0.1, -0.05) is 6.07 Å². The third-order valence-electron chi connectivity index (χ3n) is 4.66. The first-order chi connectivity index (χ1) is 12.3. The number of hydrogen-bond acceptors (Lipinski definition) is 6. The number of carbonyl (C=O) groups is 1. The van der Waals surface area contributed by atoms with E-state index in [2.05, 4.69) is 23.9 Å². The second-order valence-corrected chi connectivity index (χ2v) is 6.82. The molecule has 0 bridgehead atoms. The number of anilines is 1. The van der Waals surface area contributed by atoms with Gasteiger partial charge < -0.3 is 10.2 Å². The van der Waals surface area contributed by atoms with E-state index in [9.17, 15) is 4.79 Å². The van der Waals surface area contributed by atoms with Crippen LogP contribution in [0.2, 0.25) is 0 Å². The summed E-state index contributed by atoms with van der Waals surface area (Å²) in [6.45, 7) is 2.67. The summed E-state index contributed by atoms with van der Waals surface area (Å²) in [7, 11) is 0. The fourth-order valence-electron chi connectivity index (χ4n) is 3.17. The highest BCUT2D eigenvalue weighted by Gasteiger charge is 2.20. The maximum atomic E-state index is 12.4. The summed E-state index contributed by atoms with van der Waals surface area (Å²) in [6.07, 6.45) is 3.95. The SMILES string of the molecule is O=C(NCC1CCN(c2ccccn2)CC1)c1ccc2nsnc2c1. The van der Waals surface area contributed by atoms with Crippen LogP contribution >= 0.6 is 11.7 Å². The van der Waals surface area contributed by atoms with Gasteiger partial charge in [0.1, 0.15) is 16.9 Å². The summed E-state index contributed by atoms with van der Waals surface area (Å²) in [4.78, 5) is 19.1. The Hall–Kier alpha value is -2.54. The van der Waals surface area contributed by atoms with Crippen molar-refractivity contribution in [2.45, 2.75) is 12.8 Å². The summed E-state index contributed by atoms with van der Waals surface area (Å²) in [5, 5.41) is 3.06. The fourth-order valence-corrected chi connectivity index (χ4v) is 3.69. The van der Waals surface area contributed by atoms with Gasteiger partial charge in [-0.15, -0.1) is 0 Å². The minimum Gasteiger partial charge on any atom is -0.357 e. The molecule has 128 valence electrons. The van der Waals surface area contributed by atoms with Crippen molar-refractivity contribution in [3.8, 4) is 0 Å². The molecule has 1 fully saturated rings. The molecule has 0 saturated carbocycles. The van der Waals surface area contributed by atoms with E-state index in [0.717, 1.165) is 42.8 Å². The minimum atomic E-state index is -0.0398. The number of amides is 1. The largest absolute Gasteiger partial charge is 0.357 e. The van der Waals surface area contributed by atoms with Crippen LogP contribution in [0.5, 0.6) is 0 Å². The zero-order valence-corrected chi connectivity index (χ0v) is 14.6. The molecule has 1 saturated heterocycles. The van der Waals surface area contributed by atoms with Crippen molar-refractivity contribution < 1.29 is 4.79 Å². The van der Waals surface area contributed by atoms with E-state index in [0.29, 0.717) is 18.0 Å². The number of nitrogens with zero attached hydrogens (tertiary/aromatic N) is 4. The highest BCUT2D eigenvalue weighted by atomic mass is 32.1. The molecule has 6 nitrogen and oxygen atoms in total. The number of benzene rings is 1. The van der Waals surface area contributed by atoms with Gasteiger partial charge in [0.05, 0.1) is 11.7 Å². The smallest absolute Gasteiger partial charge is 0.251 e. The van der Waals surface area contributed by atoms with Crippen molar-refractivity contribution in [3.63, 3.8) is 0 Å². The molecule has 1 aliphatic rings. The number of pyridine rings is 1. The quantitative estimate of drug-likeness (QED) is 0.781. The van der Waals surface area contributed by atoms with Gasteiger partial charge in [-0.25, -0.2) is 4.98 Å². The van der Waals surface area contributed by atoms with Crippen LogP contribution in [0, 0.1) is 5.92 Å².